The van der Waals surface area contributed by atoms with Gasteiger partial charge in [-0.2, -0.15) is 0 Å². The molecule has 3 N–H and O–H groups in total. The van der Waals surface area contributed by atoms with Gasteiger partial charge >= 0.3 is 0 Å². The minimum Gasteiger partial charge on any atom is -0.304 e. The highest BCUT2D eigenvalue weighted by atomic mass is 15.4. The first kappa shape index (κ1) is 12.5. The van der Waals surface area contributed by atoms with Crippen molar-refractivity contribution in [1.29, 1.82) is 0 Å². The maximum Gasteiger partial charge on any atom is 0.0589 e. The summed E-state index contributed by atoms with van der Waals surface area (Å²) in [7, 11) is 0. The van der Waals surface area contributed by atoms with Crippen LogP contribution < -0.4 is 16.2 Å². The molecule has 0 aliphatic rings. The number of hydrazine groups is 1. The van der Waals surface area contributed by atoms with Crippen LogP contribution in [-0.4, -0.2) is 19.8 Å². The van der Waals surface area contributed by atoms with Gasteiger partial charge in [-0.3, -0.25) is 5.43 Å². The van der Waals surface area contributed by atoms with Crippen LogP contribution in [0, 0.1) is 0 Å². The Morgan fingerprint density at radius 1 is 0.900 bits per heavy atom. The van der Waals surface area contributed by atoms with E-state index in [0.29, 0.717) is 0 Å². The van der Waals surface area contributed by atoms with Gasteiger partial charge in [0.1, 0.15) is 0 Å². The molecule has 0 atom stereocenters. The fourth-order valence-corrected chi connectivity index (χ4v) is 0.375. The highest BCUT2D eigenvalue weighted by molar-refractivity contribution is 4.34. The van der Waals surface area contributed by atoms with Crippen molar-refractivity contribution in [2.75, 3.05) is 19.8 Å². The molecule has 0 fully saturated rings. The quantitative estimate of drug-likeness (QED) is 0.304. The van der Waals surface area contributed by atoms with Crippen LogP contribution in [0.15, 0.2) is 0 Å². The van der Waals surface area contributed by atoms with Gasteiger partial charge in [0.2, 0.25) is 0 Å². The van der Waals surface area contributed by atoms with Crippen LogP contribution in [-0.2, 0) is 0 Å². The van der Waals surface area contributed by atoms with Crippen LogP contribution in [0.3, 0.4) is 0 Å². The van der Waals surface area contributed by atoms with Gasteiger partial charge < -0.3 is 5.32 Å². The summed E-state index contributed by atoms with van der Waals surface area (Å²) in [5, 5.41) is 3.11. The van der Waals surface area contributed by atoms with E-state index in [9.17, 15) is 0 Å². The van der Waals surface area contributed by atoms with Gasteiger partial charge in [-0.1, -0.05) is 27.7 Å². The van der Waals surface area contributed by atoms with Crippen LogP contribution in [0.1, 0.15) is 27.7 Å². The molecule has 0 rings (SSSR count). The number of rotatable bonds is 5. The molecule has 0 bridgehead atoms. The lowest BCUT2D eigenvalue weighted by Crippen LogP contribution is -2.38. The van der Waals surface area contributed by atoms with Crippen LogP contribution >= 0.6 is 0 Å². The first-order valence-electron chi connectivity index (χ1n) is 4.08. The Balaban J connectivity index is 0. The molecule has 0 unspecified atom stereocenters. The fraction of sp³-hybridized carbons (Fsp3) is 1.00. The zero-order valence-corrected chi connectivity index (χ0v) is 7.62. The second-order valence-corrected chi connectivity index (χ2v) is 1.49. The van der Waals surface area contributed by atoms with Crippen molar-refractivity contribution in [2.24, 2.45) is 0 Å². The summed E-state index contributed by atoms with van der Waals surface area (Å²) >= 11 is 0. The molecule has 0 aliphatic heterocycles. The lowest BCUT2D eigenvalue weighted by Gasteiger charge is -2.02. The standard InChI is InChI=1S/C5H15N3.C2H6/c1-3-6-5-8-7-4-2;1-2/h6-8H,3-5H2,1-2H3;1-2H3. The Labute approximate surface area is 64.6 Å². The van der Waals surface area contributed by atoms with Gasteiger partial charge in [0, 0.05) is 6.54 Å². The second-order valence-electron chi connectivity index (χ2n) is 1.49. The van der Waals surface area contributed by atoms with Gasteiger partial charge in [-0.15, -0.1) is 0 Å². The van der Waals surface area contributed by atoms with E-state index in [1.165, 1.54) is 0 Å². The van der Waals surface area contributed by atoms with Crippen molar-refractivity contribution in [2.45, 2.75) is 27.7 Å². The topological polar surface area (TPSA) is 36.1 Å². The van der Waals surface area contributed by atoms with E-state index < -0.39 is 0 Å². The van der Waals surface area contributed by atoms with E-state index in [1.807, 2.05) is 13.8 Å². The molecule has 64 valence electrons. The zero-order valence-electron chi connectivity index (χ0n) is 7.62. The molecule has 10 heavy (non-hydrogen) atoms. The highest BCUT2D eigenvalue weighted by Crippen LogP contribution is 1.48. The third kappa shape index (κ3) is 15.7. The van der Waals surface area contributed by atoms with E-state index in [1.54, 1.807) is 0 Å². The van der Waals surface area contributed by atoms with E-state index in [-0.39, 0.29) is 0 Å². The molecular weight excluding hydrogens is 126 g/mol. The van der Waals surface area contributed by atoms with Gasteiger partial charge in [0.25, 0.3) is 0 Å². The Kier molecular flexibility index (Phi) is 20.0. The molecular formula is C7H21N3. The van der Waals surface area contributed by atoms with E-state index >= 15 is 0 Å². The summed E-state index contributed by atoms with van der Waals surface area (Å²) in [6, 6.07) is 0. The Morgan fingerprint density at radius 2 is 1.50 bits per heavy atom. The lowest BCUT2D eigenvalue weighted by atomic mass is 10.7. The largest absolute Gasteiger partial charge is 0.304 e. The minimum absolute atomic E-state index is 0.838. The van der Waals surface area contributed by atoms with Crippen LogP contribution in [0.25, 0.3) is 0 Å². The highest BCUT2D eigenvalue weighted by Gasteiger charge is 1.76. The zero-order chi connectivity index (χ0) is 8.24. The van der Waals surface area contributed by atoms with Crippen molar-refractivity contribution < 1.29 is 0 Å². The monoisotopic (exact) mass is 147 g/mol. The second kappa shape index (κ2) is 15.9. The molecule has 0 aromatic rings. The molecule has 0 amide bonds. The molecule has 3 heteroatoms. The molecule has 0 heterocycles. The van der Waals surface area contributed by atoms with E-state index in [0.717, 1.165) is 19.8 Å². The summed E-state index contributed by atoms with van der Waals surface area (Å²) in [4.78, 5) is 0. The van der Waals surface area contributed by atoms with E-state index in [4.69, 9.17) is 0 Å². The first-order chi connectivity index (χ1) is 4.91. The summed E-state index contributed by atoms with van der Waals surface area (Å²) in [5.74, 6) is 0. The minimum atomic E-state index is 0.838. The number of hydrogen-bond donors (Lipinski definition) is 3. The smallest absolute Gasteiger partial charge is 0.0589 e. The maximum absolute atomic E-state index is 3.11. The molecule has 0 spiro atoms. The summed E-state index contributed by atoms with van der Waals surface area (Å²) in [6.45, 7) is 10.9. The van der Waals surface area contributed by atoms with Crippen molar-refractivity contribution in [3.8, 4) is 0 Å². The van der Waals surface area contributed by atoms with Crippen LogP contribution in [0.5, 0.6) is 0 Å². The molecule has 0 saturated carbocycles. The van der Waals surface area contributed by atoms with Gasteiger partial charge in [0.05, 0.1) is 6.67 Å². The lowest BCUT2D eigenvalue weighted by molar-refractivity contribution is 0.508. The van der Waals surface area contributed by atoms with E-state index in [2.05, 4.69) is 30.0 Å². The number of hydrogen-bond acceptors (Lipinski definition) is 3. The van der Waals surface area contributed by atoms with Gasteiger partial charge in [-0.05, 0) is 6.54 Å². The first-order valence-corrected chi connectivity index (χ1v) is 4.08. The molecule has 0 aromatic carbocycles. The SMILES string of the molecule is CC.CCNCNNCC. The van der Waals surface area contributed by atoms with Gasteiger partial charge in [-0.25, -0.2) is 5.43 Å². The van der Waals surface area contributed by atoms with Crippen LogP contribution in [0.2, 0.25) is 0 Å². The molecule has 0 saturated heterocycles. The summed E-state index contributed by atoms with van der Waals surface area (Å²) < 4.78 is 0. The normalized spacial score (nSPS) is 8.40. The summed E-state index contributed by atoms with van der Waals surface area (Å²) in [6.07, 6.45) is 0. The average Bonchev–Trinajstić information content (AvgIpc) is 2.02. The molecule has 0 aliphatic carbocycles. The predicted molar refractivity (Wildman–Crippen MR) is 46.7 cm³/mol. The average molecular weight is 147 g/mol. The third-order valence-electron chi connectivity index (χ3n) is 0.765. The molecule has 0 radical (unpaired) electrons. The summed E-state index contributed by atoms with van der Waals surface area (Å²) in [5.41, 5.74) is 5.95. The Hall–Kier alpha value is -0.120. The van der Waals surface area contributed by atoms with Crippen molar-refractivity contribution in [3.05, 3.63) is 0 Å². The van der Waals surface area contributed by atoms with Crippen molar-refractivity contribution >= 4 is 0 Å². The number of nitrogens with one attached hydrogen (secondary N) is 3. The van der Waals surface area contributed by atoms with Crippen molar-refractivity contribution in [3.63, 3.8) is 0 Å². The Morgan fingerprint density at radius 3 is 1.90 bits per heavy atom. The Bertz CT molecular complexity index is 33.8. The molecule has 0 aromatic heterocycles. The van der Waals surface area contributed by atoms with Crippen LogP contribution in [0.4, 0.5) is 0 Å². The third-order valence-corrected chi connectivity index (χ3v) is 0.765. The van der Waals surface area contributed by atoms with Gasteiger partial charge in [0.15, 0.2) is 0 Å². The molecule has 3 nitrogen and oxygen atoms in total. The predicted octanol–water partition coefficient (Wildman–Crippen LogP) is 0.694. The fourth-order valence-electron chi connectivity index (χ4n) is 0.375. The maximum atomic E-state index is 3.11. The van der Waals surface area contributed by atoms with Crippen molar-refractivity contribution in [1.82, 2.24) is 16.2 Å².